The van der Waals surface area contributed by atoms with E-state index in [1.54, 1.807) is 0 Å². The first kappa shape index (κ1) is 23.1. The molecule has 0 saturated carbocycles. The van der Waals surface area contributed by atoms with Crippen LogP contribution in [0.3, 0.4) is 0 Å². The van der Waals surface area contributed by atoms with Crippen molar-refractivity contribution in [1.82, 2.24) is 10.2 Å². The SMILES string of the molecule is CC(=O)OCC1=C(C(=O)O)N2C(=O)C(NC(=O)C(N)c3ccc(NC(N)=O)cc3)[C@@H]2SC1. The van der Waals surface area contributed by atoms with Gasteiger partial charge in [-0.1, -0.05) is 12.1 Å². The fourth-order valence-electron chi connectivity index (χ4n) is 3.29. The summed E-state index contributed by atoms with van der Waals surface area (Å²) < 4.78 is 4.88. The van der Waals surface area contributed by atoms with Crippen molar-refractivity contribution in [2.24, 2.45) is 11.5 Å². The summed E-state index contributed by atoms with van der Waals surface area (Å²) in [5.41, 5.74) is 11.9. The van der Waals surface area contributed by atoms with E-state index in [9.17, 15) is 29.1 Å². The van der Waals surface area contributed by atoms with Crippen LogP contribution in [0.25, 0.3) is 0 Å². The maximum atomic E-state index is 12.6. The quantitative estimate of drug-likeness (QED) is 0.261. The molecule has 1 aromatic rings. The van der Waals surface area contributed by atoms with Crippen molar-refractivity contribution in [3.8, 4) is 0 Å². The molecule has 32 heavy (non-hydrogen) atoms. The topological polar surface area (TPSA) is 194 Å². The number of nitrogens with one attached hydrogen (secondary N) is 2. The number of benzene rings is 1. The van der Waals surface area contributed by atoms with E-state index in [0.29, 0.717) is 16.8 Å². The molecule has 0 bridgehead atoms. The molecule has 12 nitrogen and oxygen atoms in total. The first-order chi connectivity index (χ1) is 15.1. The van der Waals surface area contributed by atoms with Crippen molar-refractivity contribution in [1.29, 1.82) is 0 Å². The molecule has 0 aliphatic carbocycles. The van der Waals surface area contributed by atoms with Crippen LogP contribution in [0, 0.1) is 0 Å². The summed E-state index contributed by atoms with van der Waals surface area (Å²) in [5, 5.41) is 13.9. The molecule has 4 amide bonds. The molecule has 3 rings (SSSR count). The molecule has 2 aliphatic heterocycles. The Bertz CT molecular complexity index is 1010. The van der Waals surface area contributed by atoms with Crippen LogP contribution in [0.15, 0.2) is 35.5 Å². The number of nitrogens with two attached hydrogens (primary N) is 2. The Morgan fingerprint density at radius 1 is 1.28 bits per heavy atom. The number of anilines is 1. The highest BCUT2D eigenvalue weighted by atomic mass is 32.2. The van der Waals surface area contributed by atoms with E-state index in [-0.39, 0.29) is 18.1 Å². The lowest BCUT2D eigenvalue weighted by Gasteiger charge is -2.49. The monoisotopic (exact) mass is 463 g/mol. The number of primary amides is 1. The Labute approximate surface area is 186 Å². The zero-order valence-corrected chi connectivity index (χ0v) is 17.7. The minimum atomic E-state index is -1.32. The first-order valence-electron chi connectivity index (χ1n) is 9.36. The number of carbonyl (C=O) groups excluding carboxylic acids is 4. The molecule has 13 heteroatoms. The molecule has 1 fully saturated rings. The number of nitrogens with zero attached hydrogens (tertiary/aromatic N) is 1. The molecular weight excluding hydrogens is 442 g/mol. The predicted molar refractivity (Wildman–Crippen MR) is 113 cm³/mol. The fraction of sp³-hybridized carbons (Fsp3) is 0.316. The summed E-state index contributed by atoms with van der Waals surface area (Å²) in [4.78, 5) is 60.0. The number of aliphatic carboxylic acids is 1. The number of hydrogen-bond donors (Lipinski definition) is 5. The van der Waals surface area contributed by atoms with E-state index in [4.69, 9.17) is 16.2 Å². The second-order valence-electron chi connectivity index (χ2n) is 7.02. The predicted octanol–water partition coefficient (Wildman–Crippen LogP) is -0.521. The standard InChI is InChI=1S/C19H21N5O7S/c1-8(25)31-6-10-7-32-17-13(16(27)24(17)14(10)18(28)29)23-15(26)12(20)9-2-4-11(5-3-9)22-19(21)30/h2-5,12-13,17H,6-7,20H2,1H3,(H,23,26)(H,28,29)(H3,21,22,30)/t12?,13?,17-/m0/s1. The number of carboxylic acid groups (broad SMARTS) is 1. The lowest BCUT2D eigenvalue weighted by Crippen LogP contribution is -2.71. The van der Waals surface area contributed by atoms with Crippen LogP contribution < -0.4 is 22.1 Å². The van der Waals surface area contributed by atoms with Crippen LogP contribution in [0.2, 0.25) is 0 Å². The van der Waals surface area contributed by atoms with Crippen LogP contribution in [0.5, 0.6) is 0 Å². The van der Waals surface area contributed by atoms with Crippen molar-refractivity contribution in [2.75, 3.05) is 17.7 Å². The number of carboxylic acids is 1. The summed E-state index contributed by atoms with van der Waals surface area (Å²) in [6.07, 6.45) is 0. The number of rotatable bonds is 7. The second kappa shape index (κ2) is 9.28. The number of thioether (sulfide) groups is 1. The summed E-state index contributed by atoms with van der Waals surface area (Å²) in [7, 11) is 0. The Hall–Kier alpha value is -3.58. The number of fused-ring (bicyclic) bond motifs is 1. The minimum Gasteiger partial charge on any atom is -0.477 e. The molecular formula is C19H21N5O7S. The van der Waals surface area contributed by atoms with Crippen LogP contribution >= 0.6 is 11.8 Å². The van der Waals surface area contributed by atoms with Crippen LogP contribution in [-0.2, 0) is 23.9 Å². The average molecular weight is 463 g/mol. The van der Waals surface area contributed by atoms with Crippen LogP contribution in [0.4, 0.5) is 10.5 Å². The highest BCUT2D eigenvalue weighted by Gasteiger charge is 2.54. The van der Waals surface area contributed by atoms with Gasteiger partial charge in [-0.3, -0.25) is 19.3 Å². The molecule has 2 heterocycles. The second-order valence-corrected chi connectivity index (χ2v) is 8.13. The normalized spacial score (nSPS) is 20.6. The Morgan fingerprint density at radius 2 is 1.94 bits per heavy atom. The third-order valence-corrected chi connectivity index (χ3v) is 6.16. The number of β-lactam (4-membered cyclic amide) rings is 1. The number of carbonyl (C=O) groups is 5. The lowest BCUT2D eigenvalue weighted by atomic mass is 10.0. The minimum absolute atomic E-state index is 0.218. The Kier molecular flexibility index (Phi) is 6.69. The molecule has 0 spiro atoms. The molecule has 170 valence electrons. The number of amides is 4. The largest absolute Gasteiger partial charge is 0.477 e. The molecule has 3 atom stereocenters. The third kappa shape index (κ3) is 4.68. The third-order valence-electron chi connectivity index (χ3n) is 4.82. The smallest absolute Gasteiger partial charge is 0.352 e. The van der Waals surface area contributed by atoms with Crippen molar-refractivity contribution in [3.05, 3.63) is 41.1 Å². The zero-order valence-electron chi connectivity index (χ0n) is 16.9. The molecule has 2 aliphatic rings. The van der Waals surface area contributed by atoms with Gasteiger partial charge in [0.25, 0.3) is 5.91 Å². The van der Waals surface area contributed by atoms with E-state index in [1.807, 2.05) is 0 Å². The Balaban J connectivity index is 1.68. The van der Waals surface area contributed by atoms with E-state index in [0.717, 1.165) is 4.90 Å². The van der Waals surface area contributed by atoms with E-state index in [2.05, 4.69) is 10.6 Å². The highest BCUT2D eigenvalue weighted by molar-refractivity contribution is 8.00. The van der Waals surface area contributed by atoms with Gasteiger partial charge in [-0.25, -0.2) is 9.59 Å². The fourth-order valence-corrected chi connectivity index (χ4v) is 4.62. The van der Waals surface area contributed by atoms with Gasteiger partial charge in [-0.15, -0.1) is 11.8 Å². The van der Waals surface area contributed by atoms with Gasteiger partial charge in [0.05, 0.1) is 0 Å². The van der Waals surface area contributed by atoms with Gasteiger partial charge < -0.3 is 31.9 Å². The lowest BCUT2D eigenvalue weighted by molar-refractivity contribution is -0.151. The molecule has 0 radical (unpaired) electrons. The average Bonchev–Trinajstić information content (AvgIpc) is 2.74. The van der Waals surface area contributed by atoms with Gasteiger partial charge >= 0.3 is 18.0 Å². The maximum Gasteiger partial charge on any atom is 0.352 e. The number of urea groups is 1. The van der Waals surface area contributed by atoms with Crippen molar-refractivity contribution >= 4 is 47.2 Å². The van der Waals surface area contributed by atoms with Gasteiger partial charge in [0.2, 0.25) is 5.91 Å². The summed E-state index contributed by atoms with van der Waals surface area (Å²) >= 11 is 1.25. The van der Waals surface area contributed by atoms with E-state index < -0.39 is 47.2 Å². The van der Waals surface area contributed by atoms with Gasteiger partial charge in [-0.05, 0) is 17.7 Å². The van der Waals surface area contributed by atoms with E-state index in [1.165, 1.54) is 43.0 Å². The summed E-state index contributed by atoms with van der Waals surface area (Å²) in [5.74, 6) is -2.89. The van der Waals surface area contributed by atoms with Gasteiger partial charge in [-0.2, -0.15) is 0 Å². The number of ether oxygens (including phenoxy) is 1. The molecule has 2 unspecified atom stereocenters. The Morgan fingerprint density at radius 3 is 2.50 bits per heavy atom. The molecule has 1 aromatic carbocycles. The summed E-state index contributed by atoms with van der Waals surface area (Å²) in [6, 6.07) is 3.34. The molecule has 1 saturated heterocycles. The van der Waals surface area contributed by atoms with Crippen LogP contribution in [0.1, 0.15) is 18.5 Å². The van der Waals surface area contributed by atoms with E-state index >= 15 is 0 Å². The molecule has 7 N–H and O–H groups in total. The first-order valence-corrected chi connectivity index (χ1v) is 10.4. The van der Waals surface area contributed by atoms with Gasteiger partial charge in [0.15, 0.2) is 0 Å². The summed E-state index contributed by atoms with van der Waals surface area (Å²) in [6.45, 7) is 0.966. The van der Waals surface area contributed by atoms with Crippen molar-refractivity contribution < 1.29 is 33.8 Å². The van der Waals surface area contributed by atoms with Crippen LogP contribution in [-0.4, -0.2) is 63.6 Å². The number of esters is 1. The van der Waals surface area contributed by atoms with Crippen molar-refractivity contribution in [3.63, 3.8) is 0 Å². The highest BCUT2D eigenvalue weighted by Crippen LogP contribution is 2.40. The number of hydrogen-bond acceptors (Lipinski definition) is 8. The van der Waals surface area contributed by atoms with Crippen molar-refractivity contribution in [2.45, 2.75) is 24.4 Å². The maximum absolute atomic E-state index is 12.6. The van der Waals surface area contributed by atoms with Gasteiger partial charge in [0.1, 0.15) is 29.8 Å². The zero-order chi connectivity index (χ0) is 23.6. The molecule has 0 aromatic heterocycles. The van der Waals surface area contributed by atoms with Gasteiger partial charge in [0, 0.05) is 23.9 Å².